The van der Waals surface area contributed by atoms with Crippen LogP contribution in [-0.4, -0.2) is 50.5 Å². The van der Waals surface area contributed by atoms with Gasteiger partial charge in [-0.05, 0) is 19.1 Å². The highest BCUT2D eigenvalue weighted by Gasteiger charge is 2.10. The summed E-state index contributed by atoms with van der Waals surface area (Å²) in [4.78, 5) is 11.4. The Balaban J connectivity index is 2.37. The van der Waals surface area contributed by atoms with Crippen molar-refractivity contribution in [2.75, 3.05) is 33.5 Å². The SMILES string of the molecule is COCCOCC(O)COc1ccccc1C(C)=O. The number of hydrogen-bond acceptors (Lipinski definition) is 5. The Hall–Kier alpha value is -1.43. The molecule has 0 bridgehead atoms. The third-order valence-electron chi connectivity index (χ3n) is 2.44. The lowest BCUT2D eigenvalue weighted by Gasteiger charge is -2.14. The molecule has 1 aromatic rings. The van der Waals surface area contributed by atoms with Crippen molar-refractivity contribution in [3.05, 3.63) is 29.8 Å². The molecule has 0 radical (unpaired) electrons. The Morgan fingerprint density at radius 2 is 2.00 bits per heavy atom. The molecule has 19 heavy (non-hydrogen) atoms. The van der Waals surface area contributed by atoms with Crippen LogP contribution in [0, 0.1) is 0 Å². The van der Waals surface area contributed by atoms with Crippen molar-refractivity contribution in [3.8, 4) is 5.75 Å². The van der Waals surface area contributed by atoms with Crippen LogP contribution in [-0.2, 0) is 9.47 Å². The van der Waals surface area contributed by atoms with Gasteiger partial charge in [-0.3, -0.25) is 4.79 Å². The van der Waals surface area contributed by atoms with Crippen molar-refractivity contribution in [2.45, 2.75) is 13.0 Å². The molecule has 0 fully saturated rings. The van der Waals surface area contributed by atoms with E-state index in [1.165, 1.54) is 6.92 Å². The minimum atomic E-state index is -0.739. The van der Waals surface area contributed by atoms with Crippen LogP contribution in [0.2, 0.25) is 0 Å². The highest BCUT2D eigenvalue weighted by atomic mass is 16.5. The topological polar surface area (TPSA) is 65.0 Å². The molecular weight excluding hydrogens is 248 g/mol. The average molecular weight is 268 g/mol. The molecule has 0 aromatic heterocycles. The first-order chi connectivity index (χ1) is 9.15. The van der Waals surface area contributed by atoms with Crippen molar-refractivity contribution in [2.24, 2.45) is 0 Å². The largest absolute Gasteiger partial charge is 0.490 e. The third kappa shape index (κ3) is 5.83. The minimum Gasteiger partial charge on any atom is -0.490 e. The molecule has 0 aliphatic rings. The Bertz CT molecular complexity index is 391. The predicted octanol–water partition coefficient (Wildman–Crippen LogP) is 1.29. The second-order valence-corrected chi connectivity index (χ2v) is 4.08. The van der Waals surface area contributed by atoms with Gasteiger partial charge in [0.05, 0.1) is 25.4 Å². The smallest absolute Gasteiger partial charge is 0.163 e. The Morgan fingerprint density at radius 1 is 1.26 bits per heavy atom. The summed E-state index contributed by atoms with van der Waals surface area (Å²) in [5.74, 6) is 0.410. The molecule has 0 heterocycles. The van der Waals surface area contributed by atoms with Crippen LogP contribution < -0.4 is 4.74 Å². The molecule has 106 valence electrons. The lowest BCUT2D eigenvalue weighted by atomic mass is 10.1. The van der Waals surface area contributed by atoms with Gasteiger partial charge in [-0.25, -0.2) is 0 Å². The Labute approximate surface area is 113 Å². The van der Waals surface area contributed by atoms with Crippen LogP contribution in [0.15, 0.2) is 24.3 Å². The van der Waals surface area contributed by atoms with Gasteiger partial charge in [0.1, 0.15) is 18.5 Å². The van der Waals surface area contributed by atoms with Gasteiger partial charge < -0.3 is 19.3 Å². The Morgan fingerprint density at radius 3 is 2.68 bits per heavy atom. The molecule has 0 saturated carbocycles. The van der Waals surface area contributed by atoms with Crippen LogP contribution in [0.25, 0.3) is 0 Å². The molecule has 5 heteroatoms. The maximum atomic E-state index is 11.4. The molecule has 1 rings (SSSR count). The van der Waals surface area contributed by atoms with Gasteiger partial charge in [0.25, 0.3) is 0 Å². The summed E-state index contributed by atoms with van der Waals surface area (Å²) >= 11 is 0. The van der Waals surface area contributed by atoms with Gasteiger partial charge in [-0.2, -0.15) is 0 Å². The summed E-state index contributed by atoms with van der Waals surface area (Å²) < 4.78 is 15.4. The first-order valence-corrected chi connectivity index (χ1v) is 6.12. The highest BCUT2D eigenvalue weighted by molar-refractivity contribution is 5.96. The van der Waals surface area contributed by atoms with E-state index in [1.54, 1.807) is 31.4 Å². The predicted molar refractivity (Wildman–Crippen MR) is 70.6 cm³/mol. The standard InChI is InChI=1S/C14H20O5/c1-11(15)13-5-3-4-6-14(13)19-10-12(16)9-18-8-7-17-2/h3-6,12,16H,7-10H2,1-2H3. The van der Waals surface area contributed by atoms with E-state index in [0.717, 1.165) is 0 Å². The first kappa shape index (κ1) is 15.6. The van der Waals surface area contributed by atoms with Gasteiger partial charge in [0.2, 0.25) is 0 Å². The van der Waals surface area contributed by atoms with Crippen LogP contribution in [0.3, 0.4) is 0 Å². The molecular formula is C14H20O5. The Kier molecular flexibility index (Phi) is 7.10. The minimum absolute atomic E-state index is 0.0681. The number of ketones is 1. The van der Waals surface area contributed by atoms with Crippen LogP contribution >= 0.6 is 0 Å². The summed E-state index contributed by atoms with van der Waals surface area (Å²) in [6.07, 6.45) is -0.739. The van der Waals surface area contributed by atoms with E-state index in [1.807, 2.05) is 0 Å². The first-order valence-electron chi connectivity index (χ1n) is 6.12. The van der Waals surface area contributed by atoms with Gasteiger partial charge in [-0.15, -0.1) is 0 Å². The summed E-state index contributed by atoms with van der Waals surface area (Å²) in [6.45, 7) is 2.65. The summed E-state index contributed by atoms with van der Waals surface area (Å²) in [5, 5.41) is 9.66. The molecule has 0 spiro atoms. The second kappa shape index (κ2) is 8.63. The monoisotopic (exact) mass is 268 g/mol. The fraction of sp³-hybridized carbons (Fsp3) is 0.500. The summed E-state index contributed by atoms with van der Waals surface area (Å²) in [5.41, 5.74) is 0.509. The summed E-state index contributed by atoms with van der Waals surface area (Å²) in [6, 6.07) is 6.95. The molecule has 1 unspecified atom stereocenters. The lowest BCUT2D eigenvalue weighted by Crippen LogP contribution is -2.24. The number of aliphatic hydroxyl groups excluding tert-OH is 1. The number of Topliss-reactive ketones (excluding diaryl/α,β-unsaturated/α-hetero) is 1. The number of aliphatic hydroxyl groups is 1. The van der Waals surface area contributed by atoms with E-state index >= 15 is 0 Å². The fourth-order valence-corrected chi connectivity index (χ4v) is 1.48. The molecule has 0 amide bonds. The van der Waals surface area contributed by atoms with E-state index in [0.29, 0.717) is 24.5 Å². The third-order valence-corrected chi connectivity index (χ3v) is 2.44. The number of rotatable bonds is 9. The zero-order chi connectivity index (χ0) is 14.1. The number of methoxy groups -OCH3 is 1. The fourth-order valence-electron chi connectivity index (χ4n) is 1.48. The molecule has 0 aliphatic heterocycles. The van der Waals surface area contributed by atoms with Gasteiger partial charge in [0.15, 0.2) is 5.78 Å². The zero-order valence-electron chi connectivity index (χ0n) is 11.3. The maximum absolute atomic E-state index is 11.4. The molecule has 0 saturated heterocycles. The van der Waals surface area contributed by atoms with Crippen molar-refractivity contribution in [1.29, 1.82) is 0 Å². The van der Waals surface area contributed by atoms with Crippen LogP contribution in [0.1, 0.15) is 17.3 Å². The van der Waals surface area contributed by atoms with Gasteiger partial charge in [-0.1, -0.05) is 12.1 Å². The molecule has 1 atom stereocenters. The van der Waals surface area contributed by atoms with E-state index in [-0.39, 0.29) is 19.0 Å². The normalized spacial score (nSPS) is 12.2. The average Bonchev–Trinajstić information content (AvgIpc) is 2.41. The van der Waals surface area contributed by atoms with E-state index in [2.05, 4.69) is 0 Å². The van der Waals surface area contributed by atoms with Crippen molar-refractivity contribution in [3.63, 3.8) is 0 Å². The van der Waals surface area contributed by atoms with Crippen molar-refractivity contribution >= 4 is 5.78 Å². The van der Waals surface area contributed by atoms with E-state index < -0.39 is 6.10 Å². The van der Waals surface area contributed by atoms with Crippen LogP contribution in [0.4, 0.5) is 0 Å². The van der Waals surface area contributed by atoms with Gasteiger partial charge in [0, 0.05) is 7.11 Å². The lowest BCUT2D eigenvalue weighted by molar-refractivity contribution is -0.00429. The summed E-state index contributed by atoms with van der Waals surface area (Å²) in [7, 11) is 1.58. The van der Waals surface area contributed by atoms with Gasteiger partial charge >= 0.3 is 0 Å². The number of benzene rings is 1. The zero-order valence-corrected chi connectivity index (χ0v) is 11.3. The van der Waals surface area contributed by atoms with E-state index in [4.69, 9.17) is 14.2 Å². The highest BCUT2D eigenvalue weighted by Crippen LogP contribution is 2.18. The second-order valence-electron chi connectivity index (χ2n) is 4.08. The quantitative estimate of drug-likeness (QED) is 0.540. The number of para-hydroxylation sites is 1. The molecule has 0 aliphatic carbocycles. The maximum Gasteiger partial charge on any atom is 0.163 e. The number of ether oxygens (including phenoxy) is 3. The van der Waals surface area contributed by atoms with Crippen molar-refractivity contribution in [1.82, 2.24) is 0 Å². The number of carbonyl (C=O) groups is 1. The molecule has 1 N–H and O–H groups in total. The molecule has 5 nitrogen and oxygen atoms in total. The van der Waals surface area contributed by atoms with Crippen molar-refractivity contribution < 1.29 is 24.1 Å². The number of hydrogen-bond donors (Lipinski definition) is 1. The van der Waals surface area contributed by atoms with E-state index in [9.17, 15) is 9.90 Å². The van der Waals surface area contributed by atoms with Crippen LogP contribution in [0.5, 0.6) is 5.75 Å². The molecule has 1 aromatic carbocycles. The number of carbonyl (C=O) groups excluding carboxylic acids is 1.